The van der Waals surface area contributed by atoms with Gasteiger partial charge in [0, 0.05) is 11.4 Å². The minimum absolute atomic E-state index is 0.414. The fraction of sp³-hybridized carbons (Fsp3) is 0.692. The lowest BCUT2D eigenvalue weighted by atomic mass is 10.0. The van der Waals surface area contributed by atoms with Crippen molar-refractivity contribution in [1.82, 2.24) is 4.90 Å². The van der Waals surface area contributed by atoms with E-state index in [9.17, 15) is 0 Å². The topological polar surface area (TPSA) is 29.3 Å². The molecule has 1 fully saturated rings. The highest BCUT2D eigenvalue weighted by atomic mass is 79.9. The van der Waals surface area contributed by atoms with Crippen LogP contribution in [-0.4, -0.2) is 24.5 Å². The SMILES string of the molecule is CC1CCCN(C(CN)c2ccc(Br)s2)CC1. The van der Waals surface area contributed by atoms with E-state index in [1.807, 2.05) is 11.3 Å². The molecule has 0 saturated carbocycles. The van der Waals surface area contributed by atoms with Crippen LogP contribution >= 0.6 is 27.3 Å². The van der Waals surface area contributed by atoms with E-state index in [2.05, 4.69) is 39.9 Å². The average Bonchev–Trinajstić information content (AvgIpc) is 2.61. The molecule has 0 amide bonds. The molecule has 0 bridgehead atoms. The molecule has 2 nitrogen and oxygen atoms in total. The van der Waals surface area contributed by atoms with Crippen LogP contribution in [0.1, 0.15) is 37.1 Å². The van der Waals surface area contributed by atoms with Crippen molar-refractivity contribution in [2.45, 2.75) is 32.2 Å². The standard InChI is InChI=1S/C13H21BrN2S/c1-10-3-2-7-16(8-6-10)11(9-15)12-4-5-13(14)17-12/h4-5,10-11H,2-3,6-9,15H2,1H3. The highest BCUT2D eigenvalue weighted by molar-refractivity contribution is 9.11. The van der Waals surface area contributed by atoms with E-state index in [4.69, 9.17) is 5.73 Å². The van der Waals surface area contributed by atoms with E-state index in [1.165, 1.54) is 41.0 Å². The molecule has 17 heavy (non-hydrogen) atoms. The molecule has 2 heterocycles. The first-order valence-corrected chi connectivity index (χ1v) is 8.01. The van der Waals surface area contributed by atoms with E-state index in [-0.39, 0.29) is 0 Å². The molecule has 0 radical (unpaired) electrons. The van der Waals surface area contributed by atoms with Crippen LogP contribution in [0.15, 0.2) is 15.9 Å². The van der Waals surface area contributed by atoms with E-state index in [0.717, 1.165) is 12.5 Å². The molecule has 1 aliphatic rings. The van der Waals surface area contributed by atoms with Gasteiger partial charge >= 0.3 is 0 Å². The number of nitrogens with zero attached hydrogens (tertiary/aromatic N) is 1. The minimum atomic E-state index is 0.414. The second-order valence-corrected chi connectivity index (χ2v) is 7.46. The maximum absolute atomic E-state index is 5.98. The van der Waals surface area contributed by atoms with Gasteiger partial charge < -0.3 is 5.73 Å². The molecule has 4 heteroatoms. The third-order valence-electron chi connectivity index (χ3n) is 3.64. The molecule has 0 spiro atoms. The Labute approximate surface area is 116 Å². The smallest absolute Gasteiger partial charge is 0.0702 e. The quantitative estimate of drug-likeness (QED) is 0.922. The Hall–Kier alpha value is 0.1000. The van der Waals surface area contributed by atoms with Gasteiger partial charge in [0.1, 0.15) is 0 Å². The number of thiophene rings is 1. The zero-order valence-electron chi connectivity index (χ0n) is 10.4. The van der Waals surface area contributed by atoms with E-state index in [1.54, 1.807) is 0 Å². The Morgan fingerprint density at radius 3 is 2.94 bits per heavy atom. The molecule has 1 aliphatic heterocycles. The van der Waals surface area contributed by atoms with Crippen LogP contribution in [0.25, 0.3) is 0 Å². The summed E-state index contributed by atoms with van der Waals surface area (Å²) < 4.78 is 1.20. The van der Waals surface area contributed by atoms with Crippen molar-refractivity contribution >= 4 is 27.3 Å². The predicted octanol–water partition coefficient (Wildman–Crippen LogP) is 3.63. The van der Waals surface area contributed by atoms with Crippen molar-refractivity contribution in [3.05, 3.63) is 20.8 Å². The minimum Gasteiger partial charge on any atom is -0.329 e. The third kappa shape index (κ3) is 3.53. The van der Waals surface area contributed by atoms with Crippen LogP contribution in [0.2, 0.25) is 0 Å². The number of hydrogen-bond donors (Lipinski definition) is 1. The summed E-state index contributed by atoms with van der Waals surface area (Å²) in [6.45, 7) is 5.48. The Bertz CT molecular complexity index is 353. The van der Waals surface area contributed by atoms with Crippen molar-refractivity contribution < 1.29 is 0 Å². The number of hydrogen-bond acceptors (Lipinski definition) is 3. The summed E-state index contributed by atoms with van der Waals surface area (Å²) in [5.74, 6) is 0.869. The second-order valence-electron chi connectivity index (χ2n) is 4.97. The van der Waals surface area contributed by atoms with Crippen molar-refractivity contribution in [1.29, 1.82) is 0 Å². The summed E-state index contributed by atoms with van der Waals surface area (Å²) in [5, 5.41) is 0. The van der Waals surface area contributed by atoms with Gasteiger partial charge in [0.05, 0.1) is 9.83 Å². The largest absolute Gasteiger partial charge is 0.329 e. The zero-order valence-corrected chi connectivity index (χ0v) is 12.8. The van der Waals surface area contributed by atoms with Crippen LogP contribution < -0.4 is 5.73 Å². The first-order valence-electron chi connectivity index (χ1n) is 6.40. The summed E-state index contributed by atoms with van der Waals surface area (Å²) in [6.07, 6.45) is 3.98. The number of nitrogens with two attached hydrogens (primary N) is 1. The Kier molecular flexibility index (Phi) is 5.03. The van der Waals surface area contributed by atoms with Gasteiger partial charge in [-0.3, -0.25) is 4.90 Å². The molecule has 1 aromatic heterocycles. The molecular weight excluding hydrogens is 296 g/mol. The summed E-state index contributed by atoms with van der Waals surface area (Å²) in [7, 11) is 0. The summed E-state index contributed by atoms with van der Waals surface area (Å²) in [4.78, 5) is 3.97. The van der Waals surface area contributed by atoms with Crippen LogP contribution in [0.4, 0.5) is 0 Å². The van der Waals surface area contributed by atoms with Crippen molar-refractivity contribution in [3.8, 4) is 0 Å². The van der Waals surface area contributed by atoms with Crippen molar-refractivity contribution in [2.75, 3.05) is 19.6 Å². The fourth-order valence-corrected chi connectivity index (χ4v) is 4.12. The Balaban J connectivity index is 2.07. The van der Waals surface area contributed by atoms with Crippen LogP contribution in [0, 0.1) is 5.92 Å². The van der Waals surface area contributed by atoms with Gasteiger partial charge in [-0.2, -0.15) is 0 Å². The van der Waals surface area contributed by atoms with E-state index >= 15 is 0 Å². The van der Waals surface area contributed by atoms with Crippen LogP contribution in [0.5, 0.6) is 0 Å². The highest BCUT2D eigenvalue weighted by Gasteiger charge is 2.23. The number of likely N-dealkylation sites (tertiary alicyclic amines) is 1. The molecular formula is C13H21BrN2S. The summed E-state index contributed by atoms with van der Waals surface area (Å²) in [6, 6.07) is 4.75. The lowest BCUT2D eigenvalue weighted by Crippen LogP contribution is -2.34. The maximum Gasteiger partial charge on any atom is 0.0702 e. The molecule has 0 aliphatic carbocycles. The van der Waals surface area contributed by atoms with Gasteiger partial charge in [-0.1, -0.05) is 6.92 Å². The van der Waals surface area contributed by atoms with Crippen LogP contribution in [-0.2, 0) is 0 Å². The molecule has 0 aromatic carbocycles. The molecule has 1 aromatic rings. The van der Waals surface area contributed by atoms with Crippen molar-refractivity contribution in [3.63, 3.8) is 0 Å². The Morgan fingerprint density at radius 1 is 1.47 bits per heavy atom. The van der Waals surface area contributed by atoms with Crippen LogP contribution in [0.3, 0.4) is 0 Å². The van der Waals surface area contributed by atoms with Gasteiger partial charge in [-0.15, -0.1) is 11.3 Å². The lowest BCUT2D eigenvalue weighted by Gasteiger charge is -2.28. The third-order valence-corrected chi connectivity index (χ3v) is 5.36. The van der Waals surface area contributed by atoms with Gasteiger partial charge in [0.15, 0.2) is 0 Å². The van der Waals surface area contributed by atoms with Crippen molar-refractivity contribution in [2.24, 2.45) is 11.7 Å². The lowest BCUT2D eigenvalue weighted by molar-refractivity contribution is 0.210. The fourth-order valence-electron chi connectivity index (χ4n) is 2.55. The molecule has 2 unspecified atom stereocenters. The maximum atomic E-state index is 5.98. The zero-order chi connectivity index (χ0) is 12.3. The number of rotatable bonds is 3. The van der Waals surface area contributed by atoms with E-state index in [0.29, 0.717) is 6.04 Å². The number of halogens is 1. The molecule has 1 saturated heterocycles. The summed E-state index contributed by atoms with van der Waals surface area (Å²) >= 11 is 5.35. The Morgan fingerprint density at radius 2 is 2.29 bits per heavy atom. The first kappa shape index (κ1) is 13.5. The highest BCUT2D eigenvalue weighted by Crippen LogP contribution is 2.32. The second kappa shape index (κ2) is 6.32. The van der Waals surface area contributed by atoms with Gasteiger partial charge in [0.25, 0.3) is 0 Å². The average molecular weight is 317 g/mol. The molecule has 96 valence electrons. The summed E-state index contributed by atoms with van der Waals surface area (Å²) in [5.41, 5.74) is 5.98. The molecule has 2 rings (SSSR count). The van der Waals surface area contributed by atoms with Gasteiger partial charge in [0.2, 0.25) is 0 Å². The van der Waals surface area contributed by atoms with Gasteiger partial charge in [-0.25, -0.2) is 0 Å². The monoisotopic (exact) mass is 316 g/mol. The first-order chi connectivity index (χ1) is 8.20. The van der Waals surface area contributed by atoms with Gasteiger partial charge in [-0.05, 0) is 66.3 Å². The normalized spacial score (nSPS) is 24.5. The van der Waals surface area contributed by atoms with E-state index < -0.39 is 0 Å². The molecule has 2 N–H and O–H groups in total. The molecule has 2 atom stereocenters. The predicted molar refractivity (Wildman–Crippen MR) is 78.4 cm³/mol.